The number of benzene rings is 2. The van der Waals surface area contributed by atoms with Gasteiger partial charge in [-0.2, -0.15) is 0 Å². The highest BCUT2D eigenvalue weighted by Crippen LogP contribution is 2.42. The van der Waals surface area contributed by atoms with Gasteiger partial charge >= 0.3 is 5.97 Å². The molecule has 4 aromatic rings. The van der Waals surface area contributed by atoms with Crippen molar-refractivity contribution in [2.24, 2.45) is 5.41 Å². The first-order chi connectivity index (χ1) is 31.6. The summed E-state index contributed by atoms with van der Waals surface area (Å²) < 4.78 is 20.3. The van der Waals surface area contributed by atoms with E-state index in [1.165, 1.54) is 5.01 Å². The van der Waals surface area contributed by atoms with Crippen molar-refractivity contribution in [3.05, 3.63) is 77.6 Å². The number of carbonyl (C=O) groups is 4. The number of hydrogen-bond acceptors (Lipinski definition) is 10. The monoisotopic (exact) mass is 899 g/mol. The molecule has 0 radical (unpaired) electrons. The maximum atomic E-state index is 14.4. The van der Waals surface area contributed by atoms with Gasteiger partial charge in [-0.3, -0.25) is 34.1 Å². The summed E-state index contributed by atoms with van der Waals surface area (Å²) in [7, 11) is 1.71. The first-order valence-electron chi connectivity index (χ1n) is 23.6. The number of methoxy groups -OCH3 is 1. The number of ether oxygens (including phenoxy) is 3. The van der Waals surface area contributed by atoms with Crippen LogP contribution in [0.1, 0.15) is 90.0 Å². The van der Waals surface area contributed by atoms with Crippen LogP contribution in [0.2, 0.25) is 0 Å². The van der Waals surface area contributed by atoms with Gasteiger partial charge in [0.25, 0.3) is 11.8 Å². The lowest BCUT2D eigenvalue weighted by Gasteiger charge is -2.41. The quantitative estimate of drug-likeness (QED) is 0.147. The third kappa shape index (κ3) is 10.2. The first kappa shape index (κ1) is 46.9. The Morgan fingerprint density at radius 2 is 1.85 bits per heavy atom. The van der Waals surface area contributed by atoms with E-state index in [1.54, 1.807) is 12.0 Å². The van der Waals surface area contributed by atoms with Gasteiger partial charge in [0.05, 0.1) is 36.7 Å². The smallest absolute Gasteiger partial charge is 0.324 e. The second-order valence-electron chi connectivity index (χ2n) is 19.5. The van der Waals surface area contributed by atoms with Gasteiger partial charge in [0.1, 0.15) is 12.1 Å². The Kier molecular flexibility index (Phi) is 14.0. The number of fused-ring (bicyclic) bond motifs is 6. The molecule has 14 nitrogen and oxygen atoms in total. The van der Waals surface area contributed by atoms with E-state index < -0.39 is 23.5 Å². The SMILES string of the molecule is CCn1c(-c2ccncc2[C@H](C)OC)c2c3cc(ccc31)-c1cccc(c1)C[C@H](NC(=O)CCOC1CN(C(=O)C#CC(C)(C)N3CCC3)C1)C(=O)N1CCC[C@H](N1)C(=O)OCC(C)(C)C2. The molecule has 3 fully saturated rings. The number of carbonyl (C=O) groups excluding carboxylic acids is 4. The van der Waals surface area contributed by atoms with Crippen molar-refractivity contribution in [1.29, 1.82) is 0 Å². The van der Waals surface area contributed by atoms with E-state index in [2.05, 4.69) is 94.2 Å². The van der Waals surface area contributed by atoms with Crippen molar-refractivity contribution in [3.63, 3.8) is 0 Å². The molecule has 14 heteroatoms. The number of pyridine rings is 1. The third-order valence-corrected chi connectivity index (χ3v) is 13.7. The van der Waals surface area contributed by atoms with Crippen LogP contribution in [0.4, 0.5) is 0 Å². The summed E-state index contributed by atoms with van der Waals surface area (Å²) in [4.78, 5) is 63.0. The molecule has 3 amide bonds. The van der Waals surface area contributed by atoms with Gasteiger partial charge in [0.15, 0.2) is 0 Å². The molecule has 350 valence electrons. The molecule has 3 atom stereocenters. The summed E-state index contributed by atoms with van der Waals surface area (Å²) in [5, 5.41) is 5.58. The first-order valence-corrected chi connectivity index (χ1v) is 23.6. The number of aromatic nitrogens is 2. The van der Waals surface area contributed by atoms with Gasteiger partial charge in [-0.1, -0.05) is 50.1 Å². The summed E-state index contributed by atoms with van der Waals surface area (Å²) in [5.41, 5.74) is 10.6. The van der Waals surface area contributed by atoms with Gasteiger partial charge < -0.3 is 29.0 Å². The van der Waals surface area contributed by atoms with Crippen LogP contribution < -0.4 is 10.7 Å². The highest BCUT2D eigenvalue weighted by molar-refractivity contribution is 5.96. The topological polar surface area (TPSA) is 148 Å². The van der Waals surface area contributed by atoms with E-state index >= 15 is 0 Å². The lowest BCUT2D eigenvalue weighted by atomic mass is 9.83. The van der Waals surface area contributed by atoms with E-state index in [0.29, 0.717) is 38.9 Å². The van der Waals surface area contributed by atoms with Crippen LogP contribution in [0, 0.1) is 17.3 Å². The van der Waals surface area contributed by atoms with Crippen molar-refractivity contribution in [2.45, 2.75) is 116 Å². The maximum absolute atomic E-state index is 14.4. The molecule has 66 heavy (non-hydrogen) atoms. The van der Waals surface area contributed by atoms with E-state index in [9.17, 15) is 19.2 Å². The van der Waals surface area contributed by atoms with Crippen LogP contribution in [0.15, 0.2) is 60.9 Å². The molecular formula is C52H65N7O7. The highest BCUT2D eigenvalue weighted by Gasteiger charge is 2.36. The van der Waals surface area contributed by atoms with Gasteiger partial charge in [-0.25, -0.2) is 5.43 Å². The second kappa shape index (κ2) is 19.7. The van der Waals surface area contributed by atoms with Gasteiger partial charge in [-0.15, -0.1) is 0 Å². The lowest BCUT2D eigenvalue weighted by molar-refractivity contribution is -0.155. The van der Waals surface area contributed by atoms with Crippen LogP contribution in [0.3, 0.4) is 0 Å². The zero-order chi connectivity index (χ0) is 46.8. The molecule has 4 aliphatic rings. The molecule has 6 heterocycles. The van der Waals surface area contributed by atoms with Crippen molar-refractivity contribution in [1.82, 2.24) is 35.1 Å². The highest BCUT2D eigenvalue weighted by atomic mass is 16.5. The molecule has 3 saturated heterocycles. The fraction of sp³-hybridized carbons (Fsp3) is 0.519. The van der Waals surface area contributed by atoms with Gasteiger partial charge in [0, 0.05) is 99.1 Å². The fourth-order valence-corrected chi connectivity index (χ4v) is 9.54. The summed E-state index contributed by atoms with van der Waals surface area (Å²) in [5.74, 6) is 4.63. The lowest BCUT2D eigenvalue weighted by Crippen LogP contribution is -2.60. The predicted octanol–water partition coefficient (Wildman–Crippen LogP) is 5.85. The molecule has 2 N–H and O–H groups in total. The molecule has 0 saturated carbocycles. The van der Waals surface area contributed by atoms with Crippen molar-refractivity contribution >= 4 is 34.6 Å². The molecular weight excluding hydrogens is 835 g/mol. The predicted molar refractivity (Wildman–Crippen MR) is 253 cm³/mol. The van der Waals surface area contributed by atoms with Gasteiger partial charge in [-0.05, 0) is 99.8 Å². The number of nitrogens with one attached hydrogen (secondary N) is 2. The molecule has 8 rings (SSSR count). The number of cyclic esters (lactones) is 1. The van der Waals surface area contributed by atoms with Crippen LogP contribution in [-0.2, 0) is 52.8 Å². The van der Waals surface area contributed by atoms with E-state index in [4.69, 9.17) is 14.2 Å². The van der Waals surface area contributed by atoms with Crippen LogP contribution in [0.5, 0.6) is 0 Å². The summed E-state index contributed by atoms with van der Waals surface area (Å²) in [6.07, 6.45) is 6.44. The Bertz CT molecular complexity index is 2530. The zero-order valence-electron chi connectivity index (χ0n) is 39.6. The Morgan fingerprint density at radius 1 is 1.06 bits per heavy atom. The molecule has 2 aromatic carbocycles. The number of hydrogen-bond donors (Lipinski definition) is 2. The zero-order valence-corrected chi connectivity index (χ0v) is 39.6. The van der Waals surface area contributed by atoms with Gasteiger partial charge in [0.2, 0.25) is 5.91 Å². The summed E-state index contributed by atoms with van der Waals surface area (Å²) in [6, 6.07) is 15.1. The Hall–Kier alpha value is -5.59. The molecule has 4 aliphatic heterocycles. The Morgan fingerprint density at radius 3 is 2.59 bits per heavy atom. The summed E-state index contributed by atoms with van der Waals surface area (Å²) >= 11 is 0. The van der Waals surface area contributed by atoms with E-state index in [0.717, 1.165) is 76.0 Å². The fourth-order valence-electron chi connectivity index (χ4n) is 9.54. The van der Waals surface area contributed by atoms with Crippen LogP contribution in [-0.4, -0.2) is 125 Å². The number of esters is 1. The van der Waals surface area contributed by atoms with Crippen LogP contribution in [0.25, 0.3) is 33.3 Å². The molecule has 0 aliphatic carbocycles. The minimum absolute atomic E-state index is 0.0311. The van der Waals surface area contributed by atoms with Crippen molar-refractivity contribution < 1.29 is 33.4 Å². The molecule has 0 spiro atoms. The minimum Gasteiger partial charge on any atom is -0.464 e. The van der Waals surface area contributed by atoms with E-state index in [-0.39, 0.29) is 61.5 Å². The standard InChI is InChI=1S/C52H65N7O7/c1-8-58-45-16-15-37-28-40(45)41(48(58)39-18-21-53-30-42(39)34(2)64-7)29-51(3,4)33-66-50(63)43-14-10-24-59(55-43)49(62)44(27-35-12-9-13-36(37)26-35)54-46(60)19-25-65-38-31-56(32-38)47(61)17-20-52(5,6)57-22-11-23-57/h9,12-13,15-16,18,21,26,28,30,34,38,43-44,55H,8,10-11,14,19,22-25,27,29,31-33H2,1-7H3,(H,54,60)/t34-,43-,44-/m0/s1. The Labute approximate surface area is 388 Å². The third-order valence-electron chi connectivity index (χ3n) is 13.7. The number of nitrogens with zero attached hydrogens (tertiary/aromatic N) is 5. The molecule has 6 bridgehead atoms. The van der Waals surface area contributed by atoms with E-state index in [1.807, 2.05) is 45.3 Å². The average Bonchev–Trinajstić information content (AvgIpc) is 3.57. The second-order valence-corrected chi connectivity index (χ2v) is 19.5. The number of amides is 3. The number of hydrazine groups is 1. The number of likely N-dealkylation sites (tertiary alicyclic amines) is 2. The van der Waals surface area contributed by atoms with Crippen molar-refractivity contribution in [2.75, 3.05) is 53.0 Å². The average molecular weight is 900 g/mol. The largest absolute Gasteiger partial charge is 0.464 e. The van der Waals surface area contributed by atoms with Crippen molar-refractivity contribution in [3.8, 4) is 34.2 Å². The molecule has 2 aromatic heterocycles. The van der Waals surface area contributed by atoms with Crippen LogP contribution >= 0.6 is 0 Å². The minimum atomic E-state index is -0.928. The number of rotatable bonds is 10. The summed E-state index contributed by atoms with van der Waals surface area (Å²) in [6.45, 7) is 16.7. The molecule has 0 unspecified atom stereocenters. The number of aryl methyl sites for hydroxylation is 1. The maximum Gasteiger partial charge on any atom is 0.324 e. The Balaban J connectivity index is 1.04. The normalized spacial score (nSPS) is 20.9.